The third kappa shape index (κ3) is 6.05. The number of carbonyl (C=O) groups excluding carboxylic acids is 1. The van der Waals surface area contributed by atoms with Gasteiger partial charge in [-0.2, -0.15) is 0 Å². The van der Waals surface area contributed by atoms with Gasteiger partial charge in [-0.1, -0.05) is 24.3 Å². The lowest BCUT2D eigenvalue weighted by molar-refractivity contribution is -0.119. The largest absolute Gasteiger partial charge is 0.390 e. The summed E-state index contributed by atoms with van der Waals surface area (Å²) in [4.78, 5) is 18.5. The number of imidazole rings is 1. The Kier molecular flexibility index (Phi) is 7.43. The van der Waals surface area contributed by atoms with Gasteiger partial charge in [-0.3, -0.25) is 4.79 Å². The smallest absolute Gasteiger partial charge is 0.239 e. The van der Waals surface area contributed by atoms with Gasteiger partial charge in [0.25, 0.3) is 0 Å². The number of benzene rings is 2. The van der Waals surface area contributed by atoms with Crippen LogP contribution in [0.3, 0.4) is 0 Å². The van der Waals surface area contributed by atoms with Crippen molar-refractivity contribution < 1.29 is 9.90 Å². The Morgan fingerprint density at radius 2 is 2.07 bits per heavy atom. The van der Waals surface area contributed by atoms with Crippen LogP contribution in [0, 0.1) is 6.92 Å². The molecule has 0 aliphatic carbocycles. The van der Waals surface area contributed by atoms with E-state index in [4.69, 9.17) is 0 Å². The lowest BCUT2D eigenvalue weighted by atomic mass is 10.1. The minimum absolute atomic E-state index is 0.151. The van der Waals surface area contributed by atoms with Crippen LogP contribution in [0.1, 0.15) is 11.1 Å². The maximum atomic E-state index is 12.1. The molecule has 7 heteroatoms. The van der Waals surface area contributed by atoms with Crippen molar-refractivity contribution in [1.82, 2.24) is 19.8 Å². The average Bonchev–Trinajstić information content (AvgIpc) is 3.10. The molecule has 0 saturated heterocycles. The van der Waals surface area contributed by atoms with Crippen LogP contribution in [0.2, 0.25) is 0 Å². The van der Waals surface area contributed by atoms with Crippen LogP contribution in [-0.2, 0) is 18.3 Å². The summed E-state index contributed by atoms with van der Waals surface area (Å²) in [5.74, 6) is -0.151. The van der Waals surface area contributed by atoms with Gasteiger partial charge < -0.3 is 25.2 Å². The summed E-state index contributed by atoms with van der Waals surface area (Å²) in [6, 6.07) is 14.1. The first-order valence-electron chi connectivity index (χ1n) is 10.2. The van der Waals surface area contributed by atoms with Gasteiger partial charge in [0.1, 0.15) is 0 Å². The summed E-state index contributed by atoms with van der Waals surface area (Å²) in [6.07, 6.45) is 2.09. The van der Waals surface area contributed by atoms with Crippen molar-refractivity contribution in [2.24, 2.45) is 7.05 Å². The molecule has 0 aliphatic heterocycles. The molecular formula is C23H31N5O2. The molecule has 0 spiro atoms. The third-order valence-corrected chi connectivity index (χ3v) is 5.26. The number of likely N-dealkylation sites (N-methyl/N-ethyl adjacent to an activating group) is 1. The Hall–Kier alpha value is -2.90. The van der Waals surface area contributed by atoms with Crippen LogP contribution >= 0.6 is 0 Å². The zero-order valence-electron chi connectivity index (χ0n) is 17.9. The first kappa shape index (κ1) is 21.8. The Morgan fingerprint density at radius 1 is 1.27 bits per heavy atom. The highest BCUT2D eigenvalue weighted by Gasteiger charge is 2.11. The van der Waals surface area contributed by atoms with Crippen LogP contribution in [-0.4, -0.2) is 64.8 Å². The van der Waals surface area contributed by atoms with Crippen LogP contribution in [0.15, 0.2) is 48.8 Å². The molecule has 7 nitrogen and oxygen atoms in total. The molecule has 0 fully saturated rings. The van der Waals surface area contributed by atoms with E-state index < -0.39 is 6.10 Å². The van der Waals surface area contributed by atoms with Crippen molar-refractivity contribution in [3.63, 3.8) is 0 Å². The molecule has 1 atom stereocenters. The van der Waals surface area contributed by atoms with Gasteiger partial charge in [-0.15, -0.1) is 0 Å². The monoisotopic (exact) mass is 409 g/mol. The third-order valence-electron chi connectivity index (χ3n) is 5.26. The second-order valence-electron chi connectivity index (χ2n) is 7.81. The van der Waals surface area contributed by atoms with Crippen LogP contribution < -0.4 is 10.6 Å². The summed E-state index contributed by atoms with van der Waals surface area (Å²) < 4.78 is 1.94. The van der Waals surface area contributed by atoms with Gasteiger partial charge in [-0.05, 0) is 49.7 Å². The van der Waals surface area contributed by atoms with E-state index in [1.807, 2.05) is 42.9 Å². The number of amides is 1. The van der Waals surface area contributed by atoms with Gasteiger partial charge in [0.15, 0.2) is 0 Å². The fourth-order valence-corrected chi connectivity index (χ4v) is 3.43. The SMILES string of the molecule is Cc1ccccc1CCN(C)CC(O)CNC(=O)CNc1ccc2ncn(C)c2c1. The van der Waals surface area contributed by atoms with E-state index >= 15 is 0 Å². The van der Waals surface area contributed by atoms with E-state index in [9.17, 15) is 9.90 Å². The molecule has 160 valence electrons. The summed E-state index contributed by atoms with van der Waals surface area (Å²) in [5, 5.41) is 16.1. The van der Waals surface area contributed by atoms with E-state index in [1.54, 1.807) is 6.33 Å². The summed E-state index contributed by atoms with van der Waals surface area (Å²) >= 11 is 0. The number of hydrogen-bond donors (Lipinski definition) is 3. The Balaban J connectivity index is 1.36. The number of carbonyl (C=O) groups is 1. The van der Waals surface area contributed by atoms with Crippen molar-refractivity contribution in [3.05, 3.63) is 59.9 Å². The van der Waals surface area contributed by atoms with Crippen LogP contribution in [0.25, 0.3) is 11.0 Å². The lowest BCUT2D eigenvalue weighted by Gasteiger charge is -2.21. The van der Waals surface area contributed by atoms with E-state index in [-0.39, 0.29) is 19.0 Å². The summed E-state index contributed by atoms with van der Waals surface area (Å²) in [7, 11) is 3.92. The molecule has 0 aliphatic rings. The predicted molar refractivity (Wildman–Crippen MR) is 121 cm³/mol. The van der Waals surface area contributed by atoms with Crippen molar-refractivity contribution in [2.75, 3.05) is 38.5 Å². The van der Waals surface area contributed by atoms with Crippen molar-refractivity contribution in [1.29, 1.82) is 0 Å². The fourth-order valence-electron chi connectivity index (χ4n) is 3.43. The molecule has 30 heavy (non-hydrogen) atoms. The highest BCUT2D eigenvalue weighted by molar-refractivity contribution is 5.83. The molecule has 3 aromatic rings. The topological polar surface area (TPSA) is 82.4 Å². The van der Waals surface area contributed by atoms with Gasteiger partial charge in [0.05, 0.1) is 30.0 Å². The number of fused-ring (bicyclic) bond motifs is 1. The maximum absolute atomic E-state index is 12.1. The Bertz CT molecular complexity index is 985. The van der Waals surface area contributed by atoms with Gasteiger partial charge in [-0.25, -0.2) is 4.98 Å². The fraction of sp³-hybridized carbons (Fsp3) is 0.391. The van der Waals surface area contributed by atoms with Crippen LogP contribution in [0.5, 0.6) is 0 Å². The average molecular weight is 410 g/mol. The highest BCUT2D eigenvalue weighted by atomic mass is 16.3. The minimum Gasteiger partial charge on any atom is -0.390 e. The number of aryl methyl sites for hydroxylation is 2. The van der Waals surface area contributed by atoms with Crippen molar-refractivity contribution in [2.45, 2.75) is 19.4 Å². The first-order valence-corrected chi connectivity index (χ1v) is 10.2. The number of anilines is 1. The summed E-state index contributed by atoms with van der Waals surface area (Å²) in [6.45, 7) is 3.86. The molecule has 1 heterocycles. The van der Waals surface area contributed by atoms with Gasteiger partial charge in [0.2, 0.25) is 5.91 Å². The molecular weight excluding hydrogens is 378 g/mol. The number of aliphatic hydroxyl groups is 1. The molecule has 2 aromatic carbocycles. The number of nitrogens with zero attached hydrogens (tertiary/aromatic N) is 3. The number of aliphatic hydroxyl groups excluding tert-OH is 1. The highest BCUT2D eigenvalue weighted by Crippen LogP contribution is 2.17. The second-order valence-corrected chi connectivity index (χ2v) is 7.81. The molecule has 3 rings (SSSR count). The van der Waals surface area contributed by atoms with E-state index in [0.717, 1.165) is 29.7 Å². The molecule has 0 saturated carbocycles. The standard InChI is InChI=1S/C23H31N5O2/c1-17-6-4-5-7-18(17)10-11-27(2)15-20(29)13-25-23(30)14-24-19-8-9-21-22(12-19)28(3)16-26-21/h4-9,12,16,20,24,29H,10-11,13-15H2,1-3H3,(H,25,30). The molecule has 1 aromatic heterocycles. The zero-order valence-corrected chi connectivity index (χ0v) is 17.9. The quantitative estimate of drug-likeness (QED) is 0.477. The molecule has 3 N–H and O–H groups in total. The Morgan fingerprint density at radius 3 is 2.87 bits per heavy atom. The number of hydrogen-bond acceptors (Lipinski definition) is 5. The lowest BCUT2D eigenvalue weighted by Crippen LogP contribution is -2.41. The first-order chi connectivity index (χ1) is 14.4. The van der Waals surface area contributed by atoms with Gasteiger partial charge >= 0.3 is 0 Å². The van der Waals surface area contributed by atoms with E-state index in [2.05, 4.69) is 45.6 Å². The minimum atomic E-state index is -0.610. The second kappa shape index (κ2) is 10.2. The number of aromatic nitrogens is 2. The molecule has 1 unspecified atom stereocenters. The maximum Gasteiger partial charge on any atom is 0.239 e. The Labute approximate surface area is 177 Å². The normalized spacial score (nSPS) is 12.3. The molecule has 1 amide bonds. The van der Waals surface area contributed by atoms with Crippen molar-refractivity contribution >= 4 is 22.6 Å². The molecule has 0 bridgehead atoms. The van der Waals surface area contributed by atoms with E-state index in [1.165, 1.54) is 11.1 Å². The predicted octanol–water partition coefficient (Wildman–Crippen LogP) is 1.95. The summed E-state index contributed by atoms with van der Waals surface area (Å²) in [5.41, 5.74) is 5.39. The molecule has 0 radical (unpaired) electrons. The van der Waals surface area contributed by atoms with Crippen LogP contribution in [0.4, 0.5) is 5.69 Å². The van der Waals surface area contributed by atoms with Gasteiger partial charge in [0, 0.05) is 32.4 Å². The van der Waals surface area contributed by atoms with E-state index in [0.29, 0.717) is 6.54 Å². The zero-order chi connectivity index (χ0) is 21.5. The number of rotatable bonds is 10. The number of nitrogens with one attached hydrogen (secondary N) is 2. The van der Waals surface area contributed by atoms with Crippen molar-refractivity contribution in [3.8, 4) is 0 Å².